The highest BCUT2D eigenvalue weighted by molar-refractivity contribution is 6.02. The predicted molar refractivity (Wildman–Crippen MR) is 113 cm³/mol. The average Bonchev–Trinajstić information content (AvgIpc) is 3.11. The Balaban J connectivity index is 1.80. The SMILES string of the molecule is CN1CCCC1CCNC=c1c(O)cc(=O)c2[nH]c3c(C(=O)O)ccc(=O)c3nc12. The van der Waals surface area contributed by atoms with Gasteiger partial charge in [0.25, 0.3) is 0 Å². The summed E-state index contributed by atoms with van der Waals surface area (Å²) in [6.07, 6.45) is 4.84. The minimum Gasteiger partial charge on any atom is -0.507 e. The molecule has 0 spiro atoms. The largest absolute Gasteiger partial charge is 0.507 e. The Hall–Kier alpha value is -3.46. The Morgan fingerprint density at radius 2 is 2.10 bits per heavy atom. The molecule has 0 bridgehead atoms. The number of fused-ring (bicyclic) bond motifs is 2. The molecular formula is C21H22N4O5. The van der Waals surface area contributed by atoms with E-state index in [9.17, 15) is 24.6 Å². The summed E-state index contributed by atoms with van der Waals surface area (Å²) in [5.41, 5.74) is -1.17. The first-order valence-electron chi connectivity index (χ1n) is 9.76. The molecular weight excluding hydrogens is 388 g/mol. The van der Waals surface area contributed by atoms with E-state index in [1.54, 1.807) is 6.20 Å². The molecule has 156 valence electrons. The molecule has 9 nitrogen and oxygen atoms in total. The summed E-state index contributed by atoms with van der Waals surface area (Å²) < 4.78 is 0. The van der Waals surface area contributed by atoms with Crippen molar-refractivity contribution in [3.63, 3.8) is 0 Å². The number of carboxylic acids is 1. The molecule has 1 saturated heterocycles. The second kappa shape index (κ2) is 7.75. The van der Waals surface area contributed by atoms with Gasteiger partial charge < -0.3 is 25.4 Å². The van der Waals surface area contributed by atoms with Crippen LogP contribution in [0.2, 0.25) is 0 Å². The Morgan fingerprint density at radius 1 is 1.30 bits per heavy atom. The third-order valence-corrected chi connectivity index (χ3v) is 5.67. The summed E-state index contributed by atoms with van der Waals surface area (Å²) >= 11 is 0. The van der Waals surface area contributed by atoms with Gasteiger partial charge >= 0.3 is 5.97 Å². The van der Waals surface area contributed by atoms with Crippen LogP contribution in [0.4, 0.5) is 0 Å². The van der Waals surface area contributed by atoms with Crippen LogP contribution in [0, 0.1) is 0 Å². The molecule has 0 amide bonds. The van der Waals surface area contributed by atoms with Crippen LogP contribution in [-0.4, -0.2) is 57.2 Å². The van der Waals surface area contributed by atoms with Crippen LogP contribution in [-0.2, 0) is 0 Å². The van der Waals surface area contributed by atoms with E-state index in [1.165, 1.54) is 12.5 Å². The molecule has 1 aliphatic rings. The molecule has 2 heterocycles. The van der Waals surface area contributed by atoms with Gasteiger partial charge in [0.05, 0.1) is 16.3 Å². The van der Waals surface area contributed by atoms with Crippen LogP contribution >= 0.6 is 0 Å². The fraction of sp³-hybridized carbons (Fsp3) is 0.333. The standard InChI is InChI=1S/C21H22N4O5/c1-25-8-2-3-11(25)6-7-22-10-13-15(27)9-16(28)20-18(13)24-19-14(26)5-4-12(21(29)30)17(19)23-20/h4-5,9-11,22-23,27H,2-3,6-8H2,1H3,(H,29,30). The van der Waals surface area contributed by atoms with Crippen molar-refractivity contribution in [1.29, 1.82) is 0 Å². The first-order chi connectivity index (χ1) is 14.4. The van der Waals surface area contributed by atoms with Crippen LogP contribution in [0.15, 0.2) is 27.8 Å². The number of rotatable bonds is 5. The number of aromatic carboxylic acids is 1. The lowest BCUT2D eigenvalue weighted by Gasteiger charge is -2.18. The number of aromatic nitrogens is 2. The molecule has 1 fully saturated rings. The minimum atomic E-state index is -1.24. The quantitative estimate of drug-likeness (QED) is 0.350. The van der Waals surface area contributed by atoms with Crippen molar-refractivity contribution in [3.05, 3.63) is 49.4 Å². The molecule has 1 unspecified atom stereocenters. The number of phenols is 1. The van der Waals surface area contributed by atoms with Crippen molar-refractivity contribution in [2.75, 3.05) is 20.1 Å². The number of H-pyrrole nitrogens is 1. The number of nitrogens with one attached hydrogen (secondary N) is 2. The highest BCUT2D eigenvalue weighted by Crippen LogP contribution is 2.17. The zero-order chi connectivity index (χ0) is 21.4. The van der Waals surface area contributed by atoms with Crippen LogP contribution in [0.3, 0.4) is 0 Å². The Labute approximate surface area is 170 Å². The van der Waals surface area contributed by atoms with E-state index < -0.39 is 16.8 Å². The molecule has 1 atom stereocenters. The van der Waals surface area contributed by atoms with Crippen molar-refractivity contribution < 1.29 is 15.0 Å². The lowest BCUT2D eigenvalue weighted by atomic mass is 10.1. The number of carboxylic acid groups (broad SMARTS) is 1. The van der Waals surface area contributed by atoms with Gasteiger partial charge in [-0.05, 0) is 45.0 Å². The average molecular weight is 410 g/mol. The van der Waals surface area contributed by atoms with Gasteiger partial charge in [0.2, 0.25) is 10.9 Å². The number of aromatic hydroxyl groups is 1. The summed E-state index contributed by atoms with van der Waals surface area (Å²) in [5, 5.41) is 23.1. The van der Waals surface area contributed by atoms with Crippen molar-refractivity contribution in [1.82, 2.24) is 20.2 Å². The number of hydrogen-bond donors (Lipinski definition) is 4. The van der Waals surface area contributed by atoms with E-state index in [-0.39, 0.29) is 38.6 Å². The molecule has 3 aromatic rings. The zero-order valence-corrected chi connectivity index (χ0v) is 16.4. The molecule has 1 aromatic heterocycles. The van der Waals surface area contributed by atoms with Crippen LogP contribution in [0.25, 0.3) is 28.3 Å². The number of phenolic OH excluding ortho intramolecular Hbond substituents is 1. The van der Waals surface area contributed by atoms with Gasteiger partial charge in [-0.1, -0.05) is 0 Å². The highest BCUT2D eigenvalue weighted by Gasteiger charge is 2.20. The molecule has 0 saturated carbocycles. The van der Waals surface area contributed by atoms with E-state index in [2.05, 4.69) is 27.2 Å². The fourth-order valence-electron chi connectivity index (χ4n) is 4.02. The third kappa shape index (κ3) is 3.48. The predicted octanol–water partition coefficient (Wildman–Crippen LogP) is 0.371. The lowest BCUT2D eigenvalue weighted by molar-refractivity contribution is 0.0699. The second-order valence-corrected chi connectivity index (χ2v) is 7.57. The second-order valence-electron chi connectivity index (χ2n) is 7.57. The maximum Gasteiger partial charge on any atom is 0.337 e. The van der Waals surface area contributed by atoms with Crippen molar-refractivity contribution >= 4 is 34.2 Å². The van der Waals surface area contributed by atoms with Crippen molar-refractivity contribution in [2.45, 2.75) is 25.3 Å². The van der Waals surface area contributed by atoms with E-state index in [4.69, 9.17) is 0 Å². The van der Waals surface area contributed by atoms with Crippen LogP contribution < -0.4 is 21.4 Å². The molecule has 2 aromatic carbocycles. The molecule has 30 heavy (non-hydrogen) atoms. The molecule has 0 radical (unpaired) electrons. The van der Waals surface area contributed by atoms with E-state index in [0.29, 0.717) is 12.6 Å². The van der Waals surface area contributed by atoms with Gasteiger partial charge in [0.1, 0.15) is 22.3 Å². The molecule has 1 aliphatic heterocycles. The van der Waals surface area contributed by atoms with E-state index in [1.807, 2.05) is 0 Å². The molecule has 4 rings (SSSR count). The number of likely N-dealkylation sites (tertiary alicyclic amines) is 1. The van der Waals surface area contributed by atoms with Gasteiger partial charge in [0, 0.05) is 24.9 Å². The summed E-state index contributed by atoms with van der Waals surface area (Å²) in [6.45, 7) is 1.76. The summed E-state index contributed by atoms with van der Waals surface area (Å²) in [5.74, 6) is -1.51. The minimum absolute atomic E-state index is 0.0199. The lowest BCUT2D eigenvalue weighted by Crippen LogP contribution is -2.28. The van der Waals surface area contributed by atoms with Gasteiger partial charge in [-0.15, -0.1) is 0 Å². The van der Waals surface area contributed by atoms with Gasteiger partial charge in [-0.3, -0.25) is 9.59 Å². The van der Waals surface area contributed by atoms with Crippen LogP contribution in [0.1, 0.15) is 29.6 Å². The van der Waals surface area contributed by atoms with Gasteiger partial charge in [0.15, 0.2) is 0 Å². The van der Waals surface area contributed by atoms with Gasteiger partial charge in [-0.2, -0.15) is 0 Å². The van der Waals surface area contributed by atoms with Crippen molar-refractivity contribution in [2.24, 2.45) is 0 Å². The van der Waals surface area contributed by atoms with Crippen molar-refractivity contribution in [3.8, 4) is 5.75 Å². The Morgan fingerprint density at radius 3 is 2.80 bits per heavy atom. The highest BCUT2D eigenvalue weighted by atomic mass is 16.4. The summed E-state index contributed by atoms with van der Waals surface area (Å²) in [7, 11) is 2.10. The number of nitrogens with zero attached hydrogens (tertiary/aromatic N) is 2. The molecule has 4 N–H and O–H groups in total. The zero-order valence-electron chi connectivity index (χ0n) is 16.4. The maximum atomic E-state index is 12.4. The Kier molecular flexibility index (Phi) is 5.13. The Bertz CT molecular complexity index is 1320. The first kappa shape index (κ1) is 19.8. The van der Waals surface area contributed by atoms with E-state index in [0.717, 1.165) is 31.5 Å². The summed E-state index contributed by atoms with van der Waals surface area (Å²) in [4.78, 5) is 45.5. The topological polar surface area (TPSA) is 136 Å². The van der Waals surface area contributed by atoms with Gasteiger partial charge in [-0.25, -0.2) is 9.78 Å². The third-order valence-electron chi connectivity index (χ3n) is 5.67. The number of benzene rings is 2. The monoisotopic (exact) mass is 410 g/mol. The molecule has 9 heteroatoms. The smallest absolute Gasteiger partial charge is 0.337 e. The van der Waals surface area contributed by atoms with E-state index >= 15 is 0 Å². The fourth-order valence-corrected chi connectivity index (χ4v) is 4.02. The normalized spacial score (nSPS) is 17.8. The molecule has 0 aliphatic carbocycles. The van der Waals surface area contributed by atoms with Crippen LogP contribution in [0.5, 0.6) is 5.75 Å². The number of hydrogen-bond acceptors (Lipinski definition) is 7. The summed E-state index contributed by atoms with van der Waals surface area (Å²) in [6, 6.07) is 3.86. The number of carbonyl (C=O) groups is 1. The maximum absolute atomic E-state index is 12.4. The number of aromatic amines is 1. The first-order valence-corrected chi connectivity index (χ1v) is 9.76.